The number of carboxylic acid groups (broad SMARTS) is 1. The Morgan fingerprint density at radius 1 is 0.968 bits per heavy atom. The van der Waals surface area contributed by atoms with Crippen LogP contribution in [0.4, 0.5) is 0 Å². The third-order valence-corrected chi connectivity index (χ3v) is 4.71. The minimum Gasteiger partial charge on any atom is -0.480 e. The molecule has 5 unspecified atom stereocenters. The van der Waals surface area contributed by atoms with Gasteiger partial charge in [0.25, 0.3) is 0 Å². The van der Waals surface area contributed by atoms with E-state index >= 15 is 0 Å². The fraction of sp³-hybridized carbons (Fsp3) is 0.688. The molecule has 0 saturated heterocycles. The van der Waals surface area contributed by atoms with Crippen LogP contribution in [0.5, 0.6) is 0 Å². The molecule has 0 bridgehead atoms. The molecular weight excluding hydrogens is 450 g/mol. The number of aliphatic hydroxyl groups is 1. The minimum absolute atomic E-state index is 0.0782. The van der Waals surface area contributed by atoms with E-state index in [9.17, 15) is 24.3 Å². The molecule has 0 heterocycles. The van der Waals surface area contributed by atoms with Crippen molar-refractivity contribution in [1.82, 2.24) is 16.0 Å². The Morgan fingerprint density at radius 2 is 1.52 bits per heavy atom. The van der Waals surface area contributed by atoms with Crippen LogP contribution in [0.3, 0.4) is 0 Å². The number of aliphatic imine (C=N–C) groups is 1. The van der Waals surface area contributed by atoms with Crippen molar-refractivity contribution in [3.05, 3.63) is 0 Å². The molecule has 3 amide bonds. The maximum atomic E-state index is 12.5. The standard InChI is InChI=1S/C16H31N7O6S2/c1-7(24)11(14(27)22-10(6-31)15(28)29)23-13(26)9(5-30)21-12(25)8(17)3-2-4-20-16(18)19/h7-11,24,30-31H,2-6,17H2,1H3,(H,21,25)(H,22,27)(H,23,26)(H,28,29)(H4,18,19,20). The second-order valence-electron chi connectivity index (χ2n) is 6.61. The van der Waals surface area contributed by atoms with Gasteiger partial charge in [-0.05, 0) is 19.8 Å². The summed E-state index contributed by atoms with van der Waals surface area (Å²) in [7, 11) is 0. The third kappa shape index (κ3) is 11.1. The number of amides is 3. The predicted molar refractivity (Wildman–Crippen MR) is 121 cm³/mol. The maximum Gasteiger partial charge on any atom is 0.327 e. The number of hydrogen-bond acceptors (Lipinski definition) is 9. The zero-order chi connectivity index (χ0) is 24.1. The molecule has 0 aromatic heterocycles. The smallest absolute Gasteiger partial charge is 0.327 e. The van der Waals surface area contributed by atoms with Gasteiger partial charge in [-0.15, -0.1) is 0 Å². The molecule has 178 valence electrons. The second kappa shape index (κ2) is 14.7. The van der Waals surface area contributed by atoms with E-state index in [2.05, 4.69) is 46.2 Å². The Kier molecular flexibility index (Phi) is 13.7. The molecule has 0 aliphatic heterocycles. The van der Waals surface area contributed by atoms with Gasteiger partial charge >= 0.3 is 5.97 Å². The van der Waals surface area contributed by atoms with E-state index in [1.165, 1.54) is 6.92 Å². The van der Waals surface area contributed by atoms with E-state index in [-0.39, 0.29) is 30.4 Å². The van der Waals surface area contributed by atoms with Gasteiger partial charge in [-0.1, -0.05) is 0 Å². The van der Waals surface area contributed by atoms with Crippen LogP contribution >= 0.6 is 25.3 Å². The van der Waals surface area contributed by atoms with Crippen molar-refractivity contribution in [2.45, 2.75) is 50.0 Å². The summed E-state index contributed by atoms with van der Waals surface area (Å²) in [6, 6.07) is -4.88. The average Bonchev–Trinajstić information content (AvgIpc) is 2.69. The second-order valence-corrected chi connectivity index (χ2v) is 7.34. The first-order valence-corrected chi connectivity index (χ1v) is 10.6. The van der Waals surface area contributed by atoms with Gasteiger partial charge in [0.1, 0.15) is 18.1 Å². The number of thiol groups is 2. The molecule has 31 heavy (non-hydrogen) atoms. The largest absolute Gasteiger partial charge is 0.480 e. The highest BCUT2D eigenvalue weighted by Gasteiger charge is 2.32. The monoisotopic (exact) mass is 481 g/mol. The van der Waals surface area contributed by atoms with Crippen LogP contribution in [0.25, 0.3) is 0 Å². The number of carboxylic acids is 1. The number of aliphatic hydroxyl groups excluding tert-OH is 1. The minimum atomic E-state index is -1.47. The predicted octanol–water partition coefficient (Wildman–Crippen LogP) is -3.85. The number of nitrogens with zero attached hydrogens (tertiary/aromatic N) is 1. The van der Waals surface area contributed by atoms with Gasteiger partial charge in [-0.25, -0.2) is 4.79 Å². The van der Waals surface area contributed by atoms with E-state index in [0.29, 0.717) is 6.42 Å². The lowest BCUT2D eigenvalue weighted by Gasteiger charge is -2.25. The Labute approximate surface area is 190 Å². The molecule has 0 rings (SSSR count). The van der Waals surface area contributed by atoms with Gasteiger partial charge in [0.2, 0.25) is 17.7 Å². The summed E-state index contributed by atoms with van der Waals surface area (Å²) in [6.07, 6.45) is -0.667. The molecule has 0 spiro atoms. The first-order chi connectivity index (χ1) is 14.4. The fourth-order valence-electron chi connectivity index (χ4n) is 2.23. The zero-order valence-electron chi connectivity index (χ0n) is 17.0. The molecule has 15 heteroatoms. The Morgan fingerprint density at radius 3 is 1.97 bits per heavy atom. The Hall–Kier alpha value is -2.23. The Bertz CT molecular complexity index is 660. The molecule has 5 atom stereocenters. The molecule has 0 radical (unpaired) electrons. The third-order valence-electron chi connectivity index (χ3n) is 3.98. The molecule has 13 nitrogen and oxygen atoms in total. The molecular formula is C16H31N7O6S2. The van der Waals surface area contributed by atoms with Crippen molar-refractivity contribution >= 4 is 54.9 Å². The SMILES string of the molecule is CC(O)C(NC(=O)C(CS)NC(=O)C(N)CCCN=C(N)N)C(=O)NC(CS)C(=O)O. The van der Waals surface area contributed by atoms with Crippen LogP contribution < -0.4 is 33.2 Å². The fourth-order valence-corrected chi connectivity index (χ4v) is 2.73. The summed E-state index contributed by atoms with van der Waals surface area (Å²) >= 11 is 7.85. The first-order valence-electron chi connectivity index (χ1n) is 9.29. The quantitative estimate of drug-likeness (QED) is 0.0505. The van der Waals surface area contributed by atoms with Gasteiger partial charge in [-0.3, -0.25) is 19.4 Å². The highest BCUT2D eigenvalue weighted by molar-refractivity contribution is 7.80. The number of rotatable bonds is 14. The summed E-state index contributed by atoms with van der Waals surface area (Å²) in [4.78, 5) is 51.8. The molecule has 0 aromatic rings. The highest BCUT2D eigenvalue weighted by Crippen LogP contribution is 2.01. The number of guanidine groups is 1. The molecule has 0 aliphatic rings. The lowest BCUT2D eigenvalue weighted by atomic mass is 10.1. The lowest BCUT2D eigenvalue weighted by Crippen LogP contribution is -2.60. The molecule has 0 aliphatic carbocycles. The summed E-state index contributed by atoms with van der Waals surface area (Å²) in [5.41, 5.74) is 16.2. The van der Waals surface area contributed by atoms with Gasteiger partial charge in [0, 0.05) is 18.1 Å². The maximum absolute atomic E-state index is 12.5. The summed E-state index contributed by atoms with van der Waals surface area (Å²) in [5, 5.41) is 25.7. The number of nitrogens with two attached hydrogens (primary N) is 3. The van der Waals surface area contributed by atoms with E-state index in [1.807, 2.05) is 0 Å². The van der Waals surface area contributed by atoms with Gasteiger partial charge in [-0.2, -0.15) is 25.3 Å². The first kappa shape index (κ1) is 28.8. The van der Waals surface area contributed by atoms with Gasteiger partial charge in [0.05, 0.1) is 12.1 Å². The van der Waals surface area contributed by atoms with E-state index in [1.54, 1.807) is 0 Å². The van der Waals surface area contributed by atoms with E-state index < -0.39 is 54.0 Å². The zero-order valence-corrected chi connectivity index (χ0v) is 18.8. The van der Waals surface area contributed by atoms with Crippen LogP contribution in [0.1, 0.15) is 19.8 Å². The molecule has 0 aromatic carbocycles. The number of aliphatic carboxylic acids is 1. The Balaban J connectivity index is 4.95. The van der Waals surface area contributed by atoms with Crippen LogP contribution in [0.15, 0.2) is 4.99 Å². The van der Waals surface area contributed by atoms with Crippen molar-refractivity contribution in [2.75, 3.05) is 18.1 Å². The normalized spacial score (nSPS) is 15.5. The van der Waals surface area contributed by atoms with Crippen molar-refractivity contribution in [2.24, 2.45) is 22.2 Å². The van der Waals surface area contributed by atoms with Crippen molar-refractivity contribution in [1.29, 1.82) is 0 Å². The van der Waals surface area contributed by atoms with Crippen molar-refractivity contribution in [3.63, 3.8) is 0 Å². The van der Waals surface area contributed by atoms with Crippen LogP contribution in [-0.2, 0) is 19.2 Å². The summed E-state index contributed by atoms with van der Waals surface area (Å²) in [5.74, 6) is -4.09. The summed E-state index contributed by atoms with van der Waals surface area (Å²) < 4.78 is 0. The van der Waals surface area contributed by atoms with Gasteiger partial charge < -0.3 is 43.4 Å². The number of carbonyl (C=O) groups excluding carboxylic acids is 3. The van der Waals surface area contributed by atoms with Crippen LogP contribution in [0.2, 0.25) is 0 Å². The lowest BCUT2D eigenvalue weighted by molar-refractivity contribution is -0.142. The molecule has 0 fully saturated rings. The van der Waals surface area contributed by atoms with E-state index in [4.69, 9.17) is 22.3 Å². The number of nitrogens with one attached hydrogen (secondary N) is 3. The van der Waals surface area contributed by atoms with Crippen LogP contribution in [-0.4, -0.2) is 88.2 Å². The molecule has 0 saturated carbocycles. The van der Waals surface area contributed by atoms with Crippen LogP contribution in [0, 0.1) is 0 Å². The summed E-state index contributed by atoms with van der Waals surface area (Å²) in [6.45, 7) is 1.52. The topological polar surface area (TPSA) is 235 Å². The average molecular weight is 482 g/mol. The van der Waals surface area contributed by atoms with Crippen molar-refractivity contribution < 1.29 is 29.4 Å². The highest BCUT2D eigenvalue weighted by atomic mass is 32.1. The molecule has 11 N–H and O–H groups in total. The van der Waals surface area contributed by atoms with Crippen molar-refractivity contribution in [3.8, 4) is 0 Å². The number of hydrogen-bond donors (Lipinski definition) is 10. The van der Waals surface area contributed by atoms with Gasteiger partial charge in [0.15, 0.2) is 5.96 Å². The van der Waals surface area contributed by atoms with E-state index in [0.717, 1.165) is 0 Å². The number of carbonyl (C=O) groups is 4.